The first-order chi connectivity index (χ1) is 10.2. The molecule has 21 heavy (non-hydrogen) atoms. The zero-order valence-electron chi connectivity index (χ0n) is 13.1. The lowest BCUT2D eigenvalue weighted by Crippen LogP contribution is -2.39. The van der Waals surface area contributed by atoms with Gasteiger partial charge in [0.1, 0.15) is 5.82 Å². The minimum atomic E-state index is -0.141. The summed E-state index contributed by atoms with van der Waals surface area (Å²) in [5, 5.41) is 0. The van der Waals surface area contributed by atoms with E-state index in [1.807, 2.05) is 6.07 Å². The van der Waals surface area contributed by atoms with Crippen molar-refractivity contribution in [2.45, 2.75) is 38.8 Å². The highest BCUT2D eigenvalue weighted by Crippen LogP contribution is 2.14. The van der Waals surface area contributed by atoms with Crippen LogP contribution in [0.25, 0.3) is 0 Å². The van der Waals surface area contributed by atoms with E-state index in [2.05, 4.69) is 16.7 Å². The third-order valence-electron chi connectivity index (χ3n) is 4.41. The van der Waals surface area contributed by atoms with Crippen molar-refractivity contribution in [2.75, 3.05) is 32.7 Å². The predicted octanol–water partition coefficient (Wildman–Crippen LogP) is 2.46. The Bertz CT molecular complexity index is 424. The Balaban J connectivity index is 1.88. The molecule has 0 spiro atoms. The first kappa shape index (κ1) is 16.4. The summed E-state index contributed by atoms with van der Waals surface area (Å²) in [5.74, 6) is -0.141. The quantitative estimate of drug-likeness (QED) is 0.874. The lowest BCUT2D eigenvalue weighted by atomic mass is 10.1. The van der Waals surface area contributed by atoms with Crippen LogP contribution in [0.1, 0.15) is 31.7 Å². The van der Waals surface area contributed by atoms with Crippen molar-refractivity contribution in [3.8, 4) is 0 Å². The molecule has 0 amide bonds. The number of benzene rings is 1. The van der Waals surface area contributed by atoms with Gasteiger partial charge in [0.15, 0.2) is 0 Å². The molecule has 1 fully saturated rings. The minimum absolute atomic E-state index is 0.141. The molecule has 0 saturated carbocycles. The van der Waals surface area contributed by atoms with Gasteiger partial charge in [-0.15, -0.1) is 0 Å². The molecule has 1 aromatic rings. The summed E-state index contributed by atoms with van der Waals surface area (Å²) in [7, 11) is 0. The summed E-state index contributed by atoms with van der Waals surface area (Å²) in [6, 6.07) is 7.57. The standard InChI is InChI=1S/C17H28FN3/c1-2-17(7-8-19)21-10-4-9-20(11-12-21)14-15-5-3-6-16(18)13-15/h3,5-6,13,17H,2,4,7-12,14,19H2,1H3. The van der Waals surface area contributed by atoms with Crippen molar-refractivity contribution >= 4 is 0 Å². The van der Waals surface area contributed by atoms with Gasteiger partial charge in [0.05, 0.1) is 0 Å². The molecule has 3 nitrogen and oxygen atoms in total. The van der Waals surface area contributed by atoms with Gasteiger partial charge in [-0.1, -0.05) is 19.1 Å². The van der Waals surface area contributed by atoms with Crippen LogP contribution in [0.2, 0.25) is 0 Å². The van der Waals surface area contributed by atoms with E-state index < -0.39 is 0 Å². The number of nitrogens with zero attached hydrogens (tertiary/aromatic N) is 2. The van der Waals surface area contributed by atoms with Gasteiger partial charge in [0.2, 0.25) is 0 Å². The first-order valence-electron chi connectivity index (χ1n) is 8.14. The summed E-state index contributed by atoms with van der Waals surface area (Å²) < 4.78 is 13.3. The predicted molar refractivity (Wildman–Crippen MR) is 85.6 cm³/mol. The van der Waals surface area contributed by atoms with Crippen molar-refractivity contribution in [1.29, 1.82) is 0 Å². The molecule has 0 bridgehead atoms. The van der Waals surface area contributed by atoms with Crippen LogP contribution in [0.15, 0.2) is 24.3 Å². The summed E-state index contributed by atoms with van der Waals surface area (Å²) in [5.41, 5.74) is 6.79. The summed E-state index contributed by atoms with van der Waals surface area (Å²) >= 11 is 0. The van der Waals surface area contributed by atoms with E-state index in [-0.39, 0.29) is 5.82 Å². The van der Waals surface area contributed by atoms with Crippen molar-refractivity contribution in [3.05, 3.63) is 35.6 Å². The molecule has 0 aromatic heterocycles. The molecule has 1 unspecified atom stereocenters. The van der Waals surface area contributed by atoms with Crippen LogP contribution in [0.5, 0.6) is 0 Å². The first-order valence-corrected chi connectivity index (χ1v) is 8.14. The molecular formula is C17H28FN3. The average molecular weight is 293 g/mol. The Kier molecular flexibility index (Phi) is 6.61. The van der Waals surface area contributed by atoms with Crippen LogP contribution < -0.4 is 5.73 Å². The van der Waals surface area contributed by atoms with Gasteiger partial charge in [0.25, 0.3) is 0 Å². The second-order valence-electron chi connectivity index (χ2n) is 5.94. The highest BCUT2D eigenvalue weighted by molar-refractivity contribution is 5.16. The fourth-order valence-corrected chi connectivity index (χ4v) is 3.24. The molecule has 1 saturated heterocycles. The maximum atomic E-state index is 13.3. The van der Waals surface area contributed by atoms with Gasteiger partial charge in [-0.2, -0.15) is 0 Å². The smallest absolute Gasteiger partial charge is 0.123 e. The van der Waals surface area contributed by atoms with Crippen LogP contribution in [0, 0.1) is 5.82 Å². The van der Waals surface area contributed by atoms with Crippen LogP contribution >= 0.6 is 0 Å². The Morgan fingerprint density at radius 1 is 1.24 bits per heavy atom. The Hall–Kier alpha value is -0.970. The molecule has 118 valence electrons. The number of nitrogens with two attached hydrogens (primary N) is 1. The molecule has 1 aliphatic heterocycles. The SMILES string of the molecule is CCC(CCN)N1CCCN(Cc2cccc(F)c2)CC1. The number of halogens is 1. The second-order valence-corrected chi connectivity index (χ2v) is 5.94. The molecule has 1 aliphatic rings. The maximum Gasteiger partial charge on any atom is 0.123 e. The third kappa shape index (κ3) is 5.06. The number of hydrogen-bond donors (Lipinski definition) is 1. The fraction of sp³-hybridized carbons (Fsp3) is 0.647. The minimum Gasteiger partial charge on any atom is -0.330 e. The van der Waals surface area contributed by atoms with E-state index in [9.17, 15) is 4.39 Å². The monoisotopic (exact) mass is 293 g/mol. The number of rotatable bonds is 6. The van der Waals surface area contributed by atoms with Gasteiger partial charge in [0, 0.05) is 25.7 Å². The molecular weight excluding hydrogens is 265 g/mol. The van der Waals surface area contributed by atoms with E-state index in [0.717, 1.165) is 51.3 Å². The molecule has 0 aliphatic carbocycles. The second kappa shape index (κ2) is 8.47. The van der Waals surface area contributed by atoms with Crippen molar-refractivity contribution < 1.29 is 4.39 Å². The number of hydrogen-bond acceptors (Lipinski definition) is 3. The van der Waals surface area contributed by atoms with E-state index in [1.165, 1.54) is 18.9 Å². The lowest BCUT2D eigenvalue weighted by molar-refractivity contribution is 0.184. The van der Waals surface area contributed by atoms with Crippen molar-refractivity contribution in [1.82, 2.24) is 9.80 Å². The zero-order valence-corrected chi connectivity index (χ0v) is 13.1. The molecule has 4 heteroatoms. The topological polar surface area (TPSA) is 32.5 Å². The van der Waals surface area contributed by atoms with Gasteiger partial charge in [-0.05, 0) is 56.6 Å². The highest BCUT2D eigenvalue weighted by atomic mass is 19.1. The van der Waals surface area contributed by atoms with Crippen LogP contribution in [-0.2, 0) is 6.54 Å². The van der Waals surface area contributed by atoms with Gasteiger partial charge in [-0.25, -0.2) is 4.39 Å². The Labute approximate surface area is 127 Å². The zero-order chi connectivity index (χ0) is 15.1. The molecule has 2 rings (SSSR count). The van der Waals surface area contributed by atoms with E-state index in [1.54, 1.807) is 12.1 Å². The van der Waals surface area contributed by atoms with Gasteiger partial charge >= 0.3 is 0 Å². The van der Waals surface area contributed by atoms with Gasteiger partial charge < -0.3 is 5.73 Å². The van der Waals surface area contributed by atoms with E-state index >= 15 is 0 Å². The molecule has 1 aromatic carbocycles. The average Bonchev–Trinajstić information content (AvgIpc) is 2.70. The fourth-order valence-electron chi connectivity index (χ4n) is 3.24. The summed E-state index contributed by atoms with van der Waals surface area (Å²) in [6.07, 6.45) is 3.43. The van der Waals surface area contributed by atoms with E-state index in [4.69, 9.17) is 5.73 Å². The van der Waals surface area contributed by atoms with Crippen LogP contribution in [0.3, 0.4) is 0 Å². The molecule has 0 radical (unpaired) electrons. The Morgan fingerprint density at radius 3 is 2.81 bits per heavy atom. The van der Waals surface area contributed by atoms with Crippen molar-refractivity contribution in [2.24, 2.45) is 5.73 Å². The normalized spacial score (nSPS) is 19.4. The molecule has 1 heterocycles. The summed E-state index contributed by atoms with van der Waals surface area (Å²) in [4.78, 5) is 5.02. The van der Waals surface area contributed by atoms with Gasteiger partial charge in [-0.3, -0.25) is 9.80 Å². The van der Waals surface area contributed by atoms with Crippen LogP contribution in [-0.4, -0.2) is 48.6 Å². The molecule has 2 N–H and O–H groups in total. The lowest BCUT2D eigenvalue weighted by Gasteiger charge is -2.29. The van der Waals surface area contributed by atoms with Crippen molar-refractivity contribution in [3.63, 3.8) is 0 Å². The van der Waals surface area contributed by atoms with Crippen LogP contribution in [0.4, 0.5) is 4.39 Å². The highest BCUT2D eigenvalue weighted by Gasteiger charge is 2.20. The summed E-state index contributed by atoms with van der Waals surface area (Å²) in [6.45, 7) is 8.24. The van der Waals surface area contributed by atoms with E-state index in [0.29, 0.717) is 6.04 Å². The largest absolute Gasteiger partial charge is 0.330 e. The molecule has 1 atom stereocenters. The maximum absolute atomic E-state index is 13.3. The third-order valence-corrected chi connectivity index (χ3v) is 4.41. The Morgan fingerprint density at radius 2 is 2.10 bits per heavy atom.